The molecule has 2 aromatic rings. The third-order valence-electron chi connectivity index (χ3n) is 3.15. The number of nitrogens with zero attached hydrogens (tertiary/aromatic N) is 1. The standard InChI is InChI=1S/C16H17NO4S/c1-21-16(18)14-10-8-13(9-11-14)12-17(22(2,19)20)15-6-4-3-5-7-15/h3-11H,12H2,1-2H3. The Labute approximate surface area is 130 Å². The molecule has 22 heavy (non-hydrogen) atoms. The first-order chi connectivity index (χ1) is 10.4. The van der Waals surface area contributed by atoms with Gasteiger partial charge >= 0.3 is 5.97 Å². The summed E-state index contributed by atoms with van der Waals surface area (Å²) in [6.45, 7) is 0.199. The van der Waals surface area contributed by atoms with Crippen LogP contribution in [-0.2, 0) is 21.3 Å². The lowest BCUT2D eigenvalue weighted by atomic mass is 10.1. The predicted octanol–water partition coefficient (Wildman–Crippen LogP) is 2.44. The van der Waals surface area contributed by atoms with Crippen LogP contribution in [0.25, 0.3) is 0 Å². The number of ether oxygens (including phenoxy) is 1. The summed E-state index contributed by atoms with van der Waals surface area (Å²) in [5.41, 5.74) is 1.81. The Hall–Kier alpha value is -2.34. The molecule has 0 aromatic heterocycles. The number of esters is 1. The lowest BCUT2D eigenvalue weighted by Gasteiger charge is -2.22. The zero-order chi connectivity index (χ0) is 16.2. The van der Waals surface area contributed by atoms with Gasteiger partial charge in [-0.3, -0.25) is 4.31 Å². The summed E-state index contributed by atoms with van der Waals surface area (Å²) in [5, 5.41) is 0. The van der Waals surface area contributed by atoms with Gasteiger partial charge in [-0.2, -0.15) is 0 Å². The Balaban J connectivity index is 2.27. The average Bonchev–Trinajstić information content (AvgIpc) is 2.52. The minimum absolute atomic E-state index is 0.199. The number of rotatable bonds is 5. The topological polar surface area (TPSA) is 63.7 Å². The van der Waals surface area contributed by atoms with Gasteiger partial charge in [0.1, 0.15) is 0 Å². The molecule has 0 fully saturated rings. The molecule has 0 saturated heterocycles. The van der Waals surface area contributed by atoms with E-state index in [-0.39, 0.29) is 6.54 Å². The number of para-hydroxylation sites is 1. The maximum atomic E-state index is 12.0. The Morgan fingerprint density at radius 1 is 1.05 bits per heavy atom. The number of methoxy groups -OCH3 is 1. The van der Waals surface area contributed by atoms with E-state index in [4.69, 9.17) is 0 Å². The van der Waals surface area contributed by atoms with Crippen molar-refractivity contribution in [2.45, 2.75) is 6.54 Å². The number of anilines is 1. The van der Waals surface area contributed by atoms with Crippen molar-refractivity contribution in [3.05, 3.63) is 65.7 Å². The first-order valence-corrected chi connectivity index (χ1v) is 8.46. The largest absolute Gasteiger partial charge is 0.465 e. The van der Waals surface area contributed by atoms with E-state index in [1.807, 2.05) is 6.07 Å². The molecule has 0 N–H and O–H groups in total. The fourth-order valence-corrected chi connectivity index (χ4v) is 2.91. The Morgan fingerprint density at radius 2 is 1.64 bits per heavy atom. The van der Waals surface area contributed by atoms with Crippen molar-refractivity contribution in [2.75, 3.05) is 17.7 Å². The molecule has 0 saturated carbocycles. The molecular formula is C16H17NO4S. The van der Waals surface area contributed by atoms with Gasteiger partial charge in [-0.25, -0.2) is 13.2 Å². The van der Waals surface area contributed by atoms with Crippen molar-refractivity contribution in [1.29, 1.82) is 0 Å². The lowest BCUT2D eigenvalue weighted by molar-refractivity contribution is 0.0600. The van der Waals surface area contributed by atoms with Crippen LogP contribution in [0.3, 0.4) is 0 Å². The first-order valence-electron chi connectivity index (χ1n) is 6.62. The van der Waals surface area contributed by atoms with Crippen LogP contribution in [0.1, 0.15) is 15.9 Å². The van der Waals surface area contributed by atoms with E-state index in [0.29, 0.717) is 11.3 Å². The predicted molar refractivity (Wildman–Crippen MR) is 85.3 cm³/mol. The highest BCUT2D eigenvalue weighted by atomic mass is 32.2. The fourth-order valence-electron chi connectivity index (χ4n) is 2.02. The molecule has 5 nitrogen and oxygen atoms in total. The van der Waals surface area contributed by atoms with Crippen molar-refractivity contribution in [2.24, 2.45) is 0 Å². The molecule has 6 heteroatoms. The van der Waals surface area contributed by atoms with Crippen LogP contribution in [0.15, 0.2) is 54.6 Å². The summed E-state index contributed by atoms with van der Waals surface area (Å²) in [5.74, 6) is -0.422. The fraction of sp³-hybridized carbons (Fsp3) is 0.188. The van der Waals surface area contributed by atoms with Gasteiger partial charge in [-0.05, 0) is 29.8 Å². The molecule has 0 amide bonds. The highest BCUT2D eigenvalue weighted by Crippen LogP contribution is 2.20. The van der Waals surface area contributed by atoms with E-state index < -0.39 is 16.0 Å². The number of benzene rings is 2. The molecule has 0 heterocycles. The van der Waals surface area contributed by atoms with Gasteiger partial charge < -0.3 is 4.74 Å². The van der Waals surface area contributed by atoms with E-state index in [1.165, 1.54) is 17.7 Å². The Kier molecular flexibility index (Phi) is 4.82. The zero-order valence-electron chi connectivity index (χ0n) is 12.4. The van der Waals surface area contributed by atoms with Crippen LogP contribution in [0.5, 0.6) is 0 Å². The van der Waals surface area contributed by atoms with Crippen molar-refractivity contribution < 1.29 is 17.9 Å². The quantitative estimate of drug-likeness (QED) is 0.794. The molecule has 0 radical (unpaired) electrons. The van der Waals surface area contributed by atoms with Gasteiger partial charge in [0.05, 0.1) is 31.2 Å². The summed E-state index contributed by atoms with van der Waals surface area (Å²) >= 11 is 0. The van der Waals surface area contributed by atoms with E-state index in [9.17, 15) is 13.2 Å². The number of carbonyl (C=O) groups is 1. The number of sulfonamides is 1. The van der Waals surface area contributed by atoms with E-state index in [0.717, 1.165) is 5.56 Å². The number of hydrogen-bond acceptors (Lipinski definition) is 4. The molecule has 0 spiro atoms. The molecular weight excluding hydrogens is 302 g/mol. The third kappa shape index (κ3) is 3.85. The monoisotopic (exact) mass is 319 g/mol. The highest BCUT2D eigenvalue weighted by molar-refractivity contribution is 7.92. The van der Waals surface area contributed by atoms with Gasteiger partial charge in [-0.1, -0.05) is 30.3 Å². The average molecular weight is 319 g/mol. The molecule has 2 rings (SSSR count). The molecule has 0 aliphatic rings. The van der Waals surface area contributed by atoms with Gasteiger partial charge in [0.2, 0.25) is 10.0 Å². The molecule has 2 aromatic carbocycles. The second kappa shape index (κ2) is 6.62. The maximum absolute atomic E-state index is 12.0. The minimum atomic E-state index is -3.41. The molecule has 0 atom stereocenters. The molecule has 116 valence electrons. The normalized spacial score (nSPS) is 11.0. The van der Waals surface area contributed by atoms with E-state index in [1.54, 1.807) is 48.5 Å². The Bertz CT molecular complexity index is 739. The van der Waals surface area contributed by atoms with Gasteiger partial charge in [0.15, 0.2) is 0 Å². The molecule has 0 bridgehead atoms. The Morgan fingerprint density at radius 3 is 2.14 bits per heavy atom. The number of hydrogen-bond donors (Lipinski definition) is 0. The smallest absolute Gasteiger partial charge is 0.337 e. The van der Waals surface area contributed by atoms with Crippen molar-refractivity contribution >= 4 is 21.7 Å². The highest BCUT2D eigenvalue weighted by Gasteiger charge is 2.17. The maximum Gasteiger partial charge on any atom is 0.337 e. The summed E-state index contributed by atoms with van der Waals surface area (Å²) in [6, 6.07) is 15.5. The third-order valence-corrected chi connectivity index (χ3v) is 4.29. The van der Waals surface area contributed by atoms with Crippen LogP contribution in [-0.4, -0.2) is 27.8 Å². The summed E-state index contributed by atoms with van der Waals surface area (Å²) < 4.78 is 30.0. The van der Waals surface area contributed by atoms with Crippen LogP contribution >= 0.6 is 0 Å². The summed E-state index contributed by atoms with van der Waals surface area (Å²) in [4.78, 5) is 11.4. The zero-order valence-corrected chi connectivity index (χ0v) is 13.2. The summed E-state index contributed by atoms with van der Waals surface area (Å²) in [7, 11) is -2.09. The second-order valence-corrected chi connectivity index (χ2v) is 6.70. The van der Waals surface area contributed by atoms with Crippen molar-refractivity contribution in [1.82, 2.24) is 0 Å². The summed E-state index contributed by atoms with van der Waals surface area (Å²) in [6.07, 6.45) is 1.17. The molecule has 0 unspecified atom stereocenters. The minimum Gasteiger partial charge on any atom is -0.465 e. The molecule has 0 aliphatic carbocycles. The van der Waals surface area contributed by atoms with Crippen LogP contribution in [0.2, 0.25) is 0 Å². The molecule has 0 aliphatic heterocycles. The second-order valence-electron chi connectivity index (χ2n) is 4.79. The SMILES string of the molecule is COC(=O)c1ccc(CN(c2ccccc2)S(C)(=O)=O)cc1. The van der Waals surface area contributed by atoms with E-state index >= 15 is 0 Å². The van der Waals surface area contributed by atoms with Crippen molar-refractivity contribution in [3.63, 3.8) is 0 Å². The lowest BCUT2D eigenvalue weighted by Crippen LogP contribution is -2.29. The van der Waals surface area contributed by atoms with Crippen LogP contribution < -0.4 is 4.31 Å². The van der Waals surface area contributed by atoms with Crippen molar-refractivity contribution in [3.8, 4) is 0 Å². The van der Waals surface area contributed by atoms with Gasteiger partial charge in [0, 0.05) is 0 Å². The van der Waals surface area contributed by atoms with Crippen LogP contribution in [0, 0.1) is 0 Å². The van der Waals surface area contributed by atoms with Gasteiger partial charge in [0.25, 0.3) is 0 Å². The van der Waals surface area contributed by atoms with E-state index in [2.05, 4.69) is 4.74 Å². The van der Waals surface area contributed by atoms with Crippen LogP contribution in [0.4, 0.5) is 5.69 Å². The first kappa shape index (κ1) is 16.0. The van der Waals surface area contributed by atoms with Gasteiger partial charge in [-0.15, -0.1) is 0 Å². The number of carbonyl (C=O) groups excluding carboxylic acids is 1.